The number of nitrogens with one attached hydrogen (secondary N) is 2. The standard InChI is InChI=1S/C18H21N7O3/c26-17(23-8-10-24(11-9-23)18-19-6-1-7-20-18)15-12-21-22-16(15)13-2-4-14(5-3-13)25(27)28/h1-7,15-16,21-22H,8-12H2. The average Bonchev–Trinajstić information content (AvgIpc) is 3.24. The molecule has 2 aliphatic rings. The molecule has 1 amide bonds. The Bertz CT molecular complexity index is 838. The normalized spacial score (nSPS) is 22.3. The number of non-ortho nitro benzene ring substituents is 1. The Kier molecular flexibility index (Phi) is 5.13. The van der Waals surface area contributed by atoms with E-state index in [-0.39, 0.29) is 23.6 Å². The molecule has 0 aliphatic carbocycles. The van der Waals surface area contributed by atoms with Crippen LogP contribution in [0, 0.1) is 16.0 Å². The summed E-state index contributed by atoms with van der Waals surface area (Å²) in [5, 5.41) is 10.8. The highest BCUT2D eigenvalue weighted by molar-refractivity contribution is 5.80. The van der Waals surface area contributed by atoms with Gasteiger partial charge in [-0.2, -0.15) is 0 Å². The molecule has 0 spiro atoms. The second-order valence-corrected chi connectivity index (χ2v) is 6.82. The maximum atomic E-state index is 13.1. The van der Waals surface area contributed by atoms with Crippen LogP contribution >= 0.6 is 0 Å². The Morgan fingerprint density at radius 2 is 1.79 bits per heavy atom. The highest BCUT2D eigenvalue weighted by Crippen LogP contribution is 2.28. The molecule has 0 saturated carbocycles. The van der Waals surface area contributed by atoms with Crippen LogP contribution in [0.3, 0.4) is 0 Å². The molecular weight excluding hydrogens is 362 g/mol. The summed E-state index contributed by atoms with van der Waals surface area (Å²) < 4.78 is 0. The number of rotatable bonds is 4. The number of benzene rings is 1. The first kappa shape index (κ1) is 18.3. The van der Waals surface area contributed by atoms with Crippen molar-refractivity contribution in [2.75, 3.05) is 37.6 Å². The fourth-order valence-electron chi connectivity index (χ4n) is 3.66. The molecule has 4 rings (SSSR count). The number of nitro benzene ring substituents is 1. The molecule has 28 heavy (non-hydrogen) atoms. The monoisotopic (exact) mass is 383 g/mol. The van der Waals surface area contributed by atoms with Gasteiger partial charge in [0.25, 0.3) is 5.69 Å². The average molecular weight is 383 g/mol. The summed E-state index contributed by atoms with van der Waals surface area (Å²) in [5.74, 6) is 0.498. The lowest BCUT2D eigenvalue weighted by atomic mass is 9.93. The molecule has 2 aliphatic heterocycles. The second kappa shape index (κ2) is 7.87. The summed E-state index contributed by atoms with van der Waals surface area (Å²) >= 11 is 0. The number of hydrazine groups is 1. The van der Waals surface area contributed by atoms with E-state index in [1.807, 2.05) is 4.90 Å². The molecule has 2 fully saturated rings. The summed E-state index contributed by atoms with van der Waals surface area (Å²) in [5.41, 5.74) is 7.07. The molecule has 1 aromatic carbocycles. The van der Waals surface area contributed by atoms with E-state index in [0.29, 0.717) is 38.7 Å². The predicted molar refractivity (Wildman–Crippen MR) is 101 cm³/mol. The summed E-state index contributed by atoms with van der Waals surface area (Å²) in [6, 6.07) is 7.90. The number of anilines is 1. The number of amides is 1. The van der Waals surface area contributed by atoms with Crippen molar-refractivity contribution in [2.24, 2.45) is 5.92 Å². The van der Waals surface area contributed by atoms with Crippen molar-refractivity contribution in [3.8, 4) is 0 Å². The van der Waals surface area contributed by atoms with Gasteiger partial charge in [0.2, 0.25) is 11.9 Å². The van der Waals surface area contributed by atoms with Crippen molar-refractivity contribution in [1.29, 1.82) is 0 Å². The van der Waals surface area contributed by atoms with E-state index in [4.69, 9.17) is 0 Å². The Hall–Kier alpha value is -3.11. The van der Waals surface area contributed by atoms with Crippen LogP contribution in [0.1, 0.15) is 11.6 Å². The molecule has 1 aromatic heterocycles. The van der Waals surface area contributed by atoms with Crippen LogP contribution in [-0.4, -0.2) is 58.4 Å². The lowest BCUT2D eigenvalue weighted by Gasteiger charge is -2.36. The van der Waals surface area contributed by atoms with E-state index in [9.17, 15) is 14.9 Å². The number of hydrogen-bond donors (Lipinski definition) is 2. The number of aromatic nitrogens is 2. The molecule has 10 nitrogen and oxygen atoms in total. The first-order valence-electron chi connectivity index (χ1n) is 9.17. The van der Waals surface area contributed by atoms with E-state index < -0.39 is 4.92 Å². The lowest BCUT2D eigenvalue weighted by Crippen LogP contribution is -2.51. The Labute approximate surface area is 161 Å². The van der Waals surface area contributed by atoms with Gasteiger partial charge < -0.3 is 9.80 Å². The summed E-state index contributed by atoms with van der Waals surface area (Å²) in [6.07, 6.45) is 3.43. The molecule has 2 atom stereocenters. The van der Waals surface area contributed by atoms with Crippen molar-refractivity contribution >= 4 is 17.5 Å². The fourth-order valence-corrected chi connectivity index (χ4v) is 3.66. The van der Waals surface area contributed by atoms with Gasteiger partial charge in [-0.15, -0.1) is 0 Å². The highest BCUT2D eigenvalue weighted by atomic mass is 16.6. The van der Waals surface area contributed by atoms with Gasteiger partial charge >= 0.3 is 0 Å². The molecule has 146 valence electrons. The van der Waals surface area contributed by atoms with Crippen LogP contribution in [0.4, 0.5) is 11.6 Å². The van der Waals surface area contributed by atoms with Crippen LogP contribution < -0.4 is 15.8 Å². The number of hydrogen-bond acceptors (Lipinski definition) is 8. The molecule has 3 heterocycles. The second-order valence-electron chi connectivity index (χ2n) is 6.82. The van der Waals surface area contributed by atoms with E-state index in [2.05, 4.69) is 25.7 Å². The van der Waals surface area contributed by atoms with Crippen LogP contribution in [0.15, 0.2) is 42.7 Å². The number of carbonyl (C=O) groups excluding carboxylic acids is 1. The van der Waals surface area contributed by atoms with Crippen LogP contribution in [0.2, 0.25) is 0 Å². The maximum Gasteiger partial charge on any atom is 0.269 e. The zero-order valence-corrected chi connectivity index (χ0v) is 15.2. The van der Waals surface area contributed by atoms with Crippen molar-refractivity contribution in [2.45, 2.75) is 6.04 Å². The minimum absolute atomic E-state index is 0.0387. The molecule has 2 N–H and O–H groups in total. The van der Waals surface area contributed by atoms with Crippen LogP contribution in [0.5, 0.6) is 0 Å². The molecule has 2 aromatic rings. The van der Waals surface area contributed by atoms with Gasteiger partial charge in [0.1, 0.15) is 0 Å². The molecule has 0 radical (unpaired) electrons. The Morgan fingerprint density at radius 3 is 2.43 bits per heavy atom. The molecule has 2 saturated heterocycles. The van der Waals surface area contributed by atoms with E-state index >= 15 is 0 Å². The molecule has 2 unspecified atom stereocenters. The fraction of sp³-hybridized carbons (Fsp3) is 0.389. The van der Waals surface area contributed by atoms with Gasteiger partial charge in [0.05, 0.1) is 16.9 Å². The quantitative estimate of drug-likeness (QED) is 0.579. The van der Waals surface area contributed by atoms with Gasteiger partial charge in [-0.05, 0) is 11.6 Å². The van der Waals surface area contributed by atoms with Crippen molar-refractivity contribution in [1.82, 2.24) is 25.7 Å². The smallest absolute Gasteiger partial charge is 0.269 e. The SMILES string of the molecule is O=C(C1CNNC1c1ccc([N+](=O)[O-])cc1)N1CCN(c2ncccn2)CC1. The van der Waals surface area contributed by atoms with Crippen molar-refractivity contribution < 1.29 is 9.72 Å². The molecule has 10 heteroatoms. The number of piperazine rings is 1. The van der Waals surface area contributed by atoms with Gasteiger partial charge in [0, 0.05) is 57.3 Å². The third-order valence-corrected chi connectivity index (χ3v) is 5.19. The zero-order valence-electron chi connectivity index (χ0n) is 15.2. The third-order valence-electron chi connectivity index (χ3n) is 5.19. The first-order chi connectivity index (χ1) is 13.6. The van der Waals surface area contributed by atoms with Gasteiger partial charge in [-0.25, -0.2) is 15.4 Å². The van der Waals surface area contributed by atoms with E-state index in [1.165, 1.54) is 12.1 Å². The summed E-state index contributed by atoms with van der Waals surface area (Å²) in [4.78, 5) is 36.0. The largest absolute Gasteiger partial charge is 0.339 e. The predicted octanol–water partition coefficient (Wildman–Crippen LogP) is 0.499. The molecular formula is C18H21N7O3. The molecule has 0 bridgehead atoms. The maximum absolute atomic E-state index is 13.1. The number of nitro groups is 1. The third kappa shape index (κ3) is 3.64. The van der Waals surface area contributed by atoms with Gasteiger partial charge in [0.15, 0.2) is 0 Å². The topological polar surface area (TPSA) is 117 Å². The zero-order chi connectivity index (χ0) is 19.5. The summed E-state index contributed by atoms with van der Waals surface area (Å²) in [7, 11) is 0. The van der Waals surface area contributed by atoms with E-state index in [1.54, 1.807) is 30.6 Å². The van der Waals surface area contributed by atoms with E-state index in [0.717, 1.165) is 5.56 Å². The highest BCUT2D eigenvalue weighted by Gasteiger charge is 2.37. The number of nitrogens with zero attached hydrogens (tertiary/aromatic N) is 5. The van der Waals surface area contributed by atoms with Crippen molar-refractivity contribution in [3.63, 3.8) is 0 Å². The van der Waals surface area contributed by atoms with Gasteiger partial charge in [-0.3, -0.25) is 20.3 Å². The minimum Gasteiger partial charge on any atom is -0.339 e. The first-order valence-corrected chi connectivity index (χ1v) is 9.17. The lowest BCUT2D eigenvalue weighted by molar-refractivity contribution is -0.384. The van der Waals surface area contributed by atoms with Gasteiger partial charge in [-0.1, -0.05) is 12.1 Å². The minimum atomic E-state index is -0.428. The Balaban J connectivity index is 1.41. The number of carbonyl (C=O) groups is 1. The van der Waals surface area contributed by atoms with Crippen molar-refractivity contribution in [3.05, 3.63) is 58.4 Å². The summed E-state index contributed by atoms with van der Waals surface area (Å²) in [6.45, 7) is 3.11. The van der Waals surface area contributed by atoms with Crippen LogP contribution in [0.25, 0.3) is 0 Å². The van der Waals surface area contributed by atoms with Crippen LogP contribution in [-0.2, 0) is 4.79 Å². The Morgan fingerprint density at radius 1 is 1.11 bits per heavy atom.